The van der Waals surface area contributed by atoms with Gasteiger partial charge in [-0.25, -0.2) is 4.98 Å². The Morgan fingerprint density at radius 1 is 1.53 bits per heavy atom. The van der Waals surface area contributed by atoms with E-state index in [1.165, 1.54) is 11.8 Å². The lowest BCUT2D eigenvalue weighted by atomic mass is 10.3. The summed E-state index contributed by atoms with van der Waals surface area (Å²) in [6, 6.07) is 7.45. The van der Waals surface area contributed by atoms with Crippen molar-refractivity contribution in [2.45, 2.75) is 24.7 Å². The molecule has 2 rings (SSSR count). The van der Waals surface area contributed by atoms with Crippen molar-refractivity contribution >= 4 is 28.8 Å². The van der Waals surface area contributed by atoms with Gasteiger partial charge in [0, 0.05) is 5.75 Å². The summed E-state index contributed by atoms with van der Waals surface area (Å²) in [6.45, 7) is 2.06. The third-order valence-electron chi connectivity index (χ3n) is 2.38. The van der Waals surface area contributed by atoms with Crippen molar-refractivity contribution in [3.63, 3.8) is 0 Å². The van der Waals surface area contributed by atoms with Crippen molar-refractivity contribution in [2.24, 2.45) is 0 Å². The fourth-order valence-corrected chi connectivity index (χ4v) is 2.32. The number of oxazole rings is 1. The molecule has 6 heteroatoms. The number of rotatable bonds is 6. The van der Waals surface area contributed by atoms with Gasteiger partial charge < -0.3 is 14.3 Å². The maximum absolute atomic E-state index is 11.2. The number of aliphatic hydroxyl groups excluding tert-OH is 1. The van der Waals surface area contributed by atoms with Crippen molar-refractivity contribution in [3.8, 4) is 0 Å². The van der Waals surface area contributed by atoms with Crippen molar-refractivity contribution < 1.29 is 19.1 Å². The Hall–Kier alpha value is -1.53. The molecule has 1 aromatic carbocycles. The van der Waals surface area contributed by atoms with Crippen LogP contribution in [-0.2, 0) is 9.53 Å². The van der Waals surface area contributed by atoms with E-state index in [4.69, 9.17) is 9.15 Å². The zero-order chi connectivity index (χ0) is 13.7. The number of esters is 1. The number of hydrogen-bond donors (Lipinski definition) is 1. The highest BCUT2D eigenvalue weighted by Gasteiger charge is 2.14. The number of carbonyl (C=O) groups is 1. The predicted octanol–water partition coefficient (Wildman–Crippen LogP) is 2.23. The van der Waals surface area contributed by atoms with Crippen molar-refractivity contribution in [1.82, 2.24) is 4.98 Å². The molecule has 0 radical (unpaired) electrons. The number of benzene rings is 1. The van der Waals surface area contributed by atoms with Gasteiger partial charge in [0.2, 0.25) is 0 Å². The minimum atomic E-state index is -0.765. The van der Waals surface area contributed by atoms with Crippen molar-refractivity contribution in [2.75, 3.05) is 12.4 Å². The van der Waals surface area contributed by atoms with Gasteiger partial charge in [-0.1, -0.05) is 23.9 Å². The van der Waals surface area contributed by atoms with Gasteiger partial charge in [-0.3, -0.25) is 4.79 Å². The van der Waals surface area contributed by atoms with E-state index < -0.39 is 12.1 Å². The van der Waals surface area contributed by atoms with E-state index in [2.05, 4.69) is 4.98 Å². The van der Waals surface area contributed by atoms with Crippen LogP contribution in [0.15, 0.2) is 33.9 Å². The first kappa shape index (κ1) is 13.9. The SMILES string of the molecule is CCOC(=O)CC(O)CSc1nc2ccccc2o1. The quantitative estimate of drug-likeness (QED) is 0.646. The fourth-order valence-electron chi connectivity index (χ4n) is 1.55. The molecule has 5 nitrogen and oxygen atoms in total. The van der Waals surface area contributed by atoms with Gasteiger partial charge in [-0.05, 0) is 19.1 Å². The molecule has 1 aromatic heterocycles. The highest BCUT2D eigenvalue weighted by Crippen LogP contribution is 2.24. The lowest BCUT2D eigenvalue weighted by Crippen LogP contribution is -2.17. The van der Waals surface area contributed by atoms with Gasteiger partial charge in [0.15, 0.2) is 5.58 Å². The third kappa shape index (κ3) is 3.97. The fraction of sp³-hybridized carbons (Fsp3) is 0.385. The molecule has 0 spiro atoms. The first-order chi connectivity index (χ1) is 9.19. The van der Waals surface area contributed by atoms with E-state index in [9.17, 15) is 9.90 Å². The molecule has 102 valence electrons. The second-order valence-corrected chi connectivity index (χ2v) is 4.89. The number of fused-ring (bicyclic) bond motifs is 1. The number of thioether (sulfide) groups is 1. The summed E-state index contributed by atoms with van der Waals surface area (Å²) < 4.78 is 10.3. The molecule has 0 aliphatic carbocycles. The van der Waals surface area contributed by atoms with Crippen LogP contribution in [0.2, 0.25) is 0 Å². The summed E-state index contributed by atoms with van der Waals surface area (Å²) in [5, 5.41) is 10.2. The summed E-state index contributed by atoms with van der Waals surface area (Å²) in [7, 11) is 0. The number of para-hydroxylation sites is 2. The molecule has 0 amide bonds. The Bertz CT molecular complexity index is 521. The topological polar surface area (TPSA) is 72.6 Å². The summed E-state index contributed by atoms with van der Waals surface area (Å²) in [6.07, 6.45) is -0.778. The van der Waals surface area contributed by atoms with Crippen LogP contribution in [-0.4, -0.2) is 34.5 Å². The molecule has 0 saturated carbocycles. The molecule has 2 aromatic rings. The molecule has 1 N–H and O–H groups in total. The Kier molecular flexibility index (Phi) is 4.81. The monoisotopic (exact) mass is 281 g/mol. The second kappa shape index (κ2) is 6.58. The maximum Gasteiger partial charge on any atom is 0.308 e. The van der Waals surface area contributed by atoms with Gasteiger partial charge in [-0.2, -0.15) is 0 Å². The molecule has 19 heavy (non-hydrogen) atoms. The molecule has 0 saturated heterocycles. The molecule has 1 heterocycles. The molecule has 0 aliphatic heterocycles. The predicted molar refractivity (Wildman–Crippen MR) is 72.0 cm³/mol. The van der Waals surface area contributed by atoms with Crippen LogP contribution in [0, 0.1) is 0 Å². The van der Waals surface area contributed by atoms with Crippen molar-refractivity contribution in [1.29, 1.82) is 0 Å². The van der Waals surface area contributed by atoms with Crippen LogP contribution in [0.4, 0.5) is 0 Å². The standard InChI is InChI=1S/C13H15NO4S/c1-2-17-12(16)7-9(15)8-19-13-14-10-5-3-4-6-11(10)18-13/h3-6,9,15H,2,7-8H2,1H3. The van der Waals surface area contributed by atoms with Gasteiger partial charge in [0.25, 0.3) is 5.22 Å². The molecular weight excluding hydrogens is 266 g/mol. The Morgan fingerprint density at radius 2 is 2.32 bits per heavy atom. The molecule has 0 bridgehead atoms. The van der Waals surface area contributed by atoms with Crippen molar-refractivity contribution in [3.05, 3.63) is 24.3 Å². The first-order valence-corrected chi connectivity index (χ1v) is 6.99. The first-order valence-electron chi connectivity index (χ1n) is 6.01. The average molecular weight is 281 g/mol. The van der Waals surface area contributed by atoms with Crippen LogP contribution < -0.4 is 0 Å². The van der Waals surface area contributed by atoms with E-state index in [1.54, 1.807) is 6.92 Å². The number of carbonyl (C=O) groups excluding carboxylic acids is 1. The minimum absolute atomic E-state index is 0.0128. The summed E-state index contributed by atoms with van der Waals surface area (Å²) >= 11 is 1.28. The van der Waals surface area contributed by atoms with Crippen LogP contribution in [0.1, 0.15) is 13.3 Å². The van der Waals surface area contributed by atoms with Gasteiger partial charge in [0.1, 0.15) is 5.52 Å². The highest BCUT2D eigenvalue weighted by molar-refractivity contribution is 7.99. The zero-order valence-corrected chi connectivity index (χ0v) is 11.4. The summed E-state index contributed by atoms with van der Waals surface area (Å²) in [4.78, 5) is 15.4. The van der Waals surface area contributed by atoms with Gasteiger partial charge in [0.05, 0.1) is 19.1 Å². The number of hydrogen-bond acceptors (Lipinski definition) is 6. The van der Waals surface area contributed by atoms with Crippen LogP contribution in [0.3, 0.4) is 0 Å². The number of aliphatic hydroxyl groups is 1. The van der Waals surface area contributed by atoms with E-state index in [1.807, 2.05) is 24.3 Å². The van der Waals surface area contributed by atoms with E-state index >= 15 is 0 Å². The number of nitrogens with zero attached hydrogens (tertiary/aromatic N) is 1. The second-order valence-electron chi connectivity index (χ2n) is 3.92. The Balaban J connectivity index is 1.86. The molecule has 0 aliphatic rings. The highest BCUT2D eigenvalue weighted by atomic mass is 32.2. The Labute approximate surface area is 115 Å². The van der Waals surface area contributed by atoms with Crippen LogP contribution in [0.5, 0.6) is 0 Å². The minimum Gasteiger partial charge on any atom is -0.466 e. The normalized spacial score (nSPS) is 12.5. The smallest absolute Gasteiger partial charge is 0.308 e. The van der Waals surface area contributed by atoms with Gasteiger partial charge in [-0.15, -0.1) is 0 Å². The number of aromatic nitrogens is 1. The lowest BCUT2D eigenvalue weighted by molar-refractivity contribution is -0.144. The number of ether oxygens (including phenoxy) is 1. The van der Waals surface area contributed by atoms with E-state index in [0.717, 1.165) is 5.52 Å². The lowest BCUT2D eigenvalue weighted by Gasteiger charge is -2.07. The molecule has 1 atom stereocenters. The molecule has 0 fully saturated rings. The van der Waals surface area contributed by atoms with E-state index in [0.29, 0.717) is 23.2 Å². The molecular formula is C13H15NO4S. The maximum atomic E-state index is 11.2. The van der Waals surface area contributed by atoms with Gasteiger partial charge >= 0.3 is 5.97 Å². The largest absolute Gasteiger partial charge is 0.466 e. The van der Waals surface area contributed by atoms with Crippen LogP contribution >= 0.6 is 11.8 Å². The Morgan fingerprint density at radius 3 is 3.05 bits per heavy atom. The third-order valence-corrected chi connectivity index (χ3v) is 3.35. The average Bonchev–Trinajstić information content (AvgIpc) is 2.79. The van der Waals surface area contributed by atoms with Crippen LogP contribution in [0.25, 0.3) is 11.1 Å². The molecule has 1 unspecified atom stereocenters. The summed E-state index contributed by atoms with van der Waals surface area (Å²) in [5.74, 6) is -0.0563. The van der Waals surface area contributed by atoms with E-state index in [-0.39, 0.29) is 6.42 Å². The zero-order valence-electron chi connectivity index (χ0n) is 10.5. The summed E-state index contributed by atoms with van der Waals surface area (Å²) in [5.41, 5.74) is 1.50.